The highest BCUT2D eigenvalue weighted by molar-refractivity contribution is 6.81. The topological polar surface area (TPSA) is 0 Å². The zero-order valence-electron chi connectivity index (χ0n) is 16.2. The fourth-order valence-electron chi connectivity index (χ4n) is 2.57. The van der Waals surface area contributed by atoms with Gasteiger partial charge in [-0.1, -0.05) is 228 Å². The molecule has 0 atom stereocenters. The van der Waals surface area contributed by atoms with Crippen LogP contribution in [0.2, 0.25) is 0 Å². The third-order valence-electron chi connectivity index (χ3n) is 4.55. The summed E-state index contributed by atoms with van der Waals surface area (Å²) in [6.07, 6.45) is 0.659. The number of hydrogen-bond donors (Lipinski definition) is 0. The zero-order chi connectivity index (χ0) is 28.3. The molecule has 1 rings (SSSR count). The van der Waals surface area contributed by atoms with E-state index in [1.807, 2.05) is 0 Å². The van der Waals surface area contributed by atoms with E-state index in [0.29, 0.717) is 18.4 Å². The van der Waals surface area contributed by atoms with Crippen molar-refractivity contribution < 1.29 is 0 Å². The first-order valence-electron chi connectivity index (χ1n) is 8.49. The first-order valence-corrected chi connectivity index (χ1v) is 15.3. The molecule has 1 aromatic rings. The number of rotatable bonds is 8. The Hall–Kier alpha value is 4.44. The summed E-state index contributed by atoms with van der Waals surface area (Å²) >= 11 is 112. The lowest BCUT2D eigenvalue weighted by atomic mass is 9.92. The summed E-state index contributed by atoms with van der Waals surface area (Å²) in [5, 5.41) is 0. The second kappa shape index (κ2) is 12.2. The number of benzene rings is 1. The molecule has 0 unspecified atom stereocenters. The molecule has 203 valence electrons. The van der Waals surface area contributed by atoms with Crippen LogP contribution < -0.4 is 0 Å². The summed E-state index contributed by atoms with van der Waals surface area (Å²) in [6.45, 7) is 3.78. The molecule has 0 nitrogen and oxygen atoms in total. The van der Waals surface area contributed by atoms with Crippen molar-refractivity contribution in [2.45, 2.75) is 46.4 Å². The summed E-state index contributed by atoms with van der Waals surface area (Å²) < 4.78 is -20.0. The minimum absolute atomic E-state index is 0.0367. The highest BCUT2D eigenvalue weighted by atomic mass is 35.6. The van der Waals surface area contributed by atoms with Crippen LogP contribution in [0.3, 0.4) is 0 Å². The Morgan fingerprint density at radius 1 is 0.514 bits per heavy atom. The zero-order valence-corrected chi connectivity index (χ0v) is 29.8. The minimum atomic E-state index is -2.59. The monoisotopic (exact) mass is 843 g/mol. The average Bonchev–Trinajstić information content (AvgIpc) is 2.65. The number of hydrogen-bond acceptors (Lipinski definition) is 0. The quantitative estimate of drug-likeness (QED) is 0.229. The Balaban J connectivity index is 3.92. The van der Waals surface area contributed by atoms with Gasteiger partial charge in [-0.15, -0.1) is 0 Å². The number of aryl methyl sites for hydroxylation is 1. The van der Waals surface area contributed by atoms with Gasteiger partial charge in [-0.25, -0.2) is 0 Å². The third kappa shape index (κ3) is 6.83. The molecule has 0 spiro atoms. The molecular weight excluding hydrogens is 842 g/mol. The normalized spacial score (nSPS) is 15.5. The van der Waals surface area contributed by atoms with E-state index < -0.39 is 33.6 Å². The van der Waals surface area contributed by atoms with Crippen LogP contribution >= 0.6 is 209 Å². The second-order valence-electron chi connectivity index (χ2n) is 6.92. The first kappa shape index (κ1) is 37.5. The van der Waals surface area contributed by atoms with Gasteiger partial charge in [-0.3, -0.25) is 0 Å². The molecule has 0 fully saturated rings. The van der Waals surface area contributed by atoms with Crippen LogP contribution in [0.5, 0.6) is 0 Å². The summed E-state index contributed by atoms with van der Waals surface area (Å²) in [7, 11) is 0. The van der Waals surface area contributed by atoms with Crippen molar-refractivity contribution in [3.8, 4) is 0 Å². The van der Waals surface area contributed by atoms with E-state index in [2.05, 4.69) is 6.92 Å². The van der Waals surface area contributed by atoms with E-state index in [4.69, 9.17) is 209 Å². The lowest BCUT2D eigenvalue weighted by Crippen LogP contribution is -2.55. The Kier molecular flexibility index (Phi) is 13.1. The van der Waals surface area contributed by atoms with E-state index in [0.717, 1.165) is 0 Å². The van der Waals surface area contributed by atoms with Gasteiger partial charge >= 0.3 is 0 Å². The van der Waals surface area contributed by atoms with Gasteiger partial charge in [-0.2, -0.15) is 0 Å². The molecule has 0 bridgehead atoms. The predicted molar refractivity (Wildman–Crippen MR) is 165 cm³/mol. The molecule has 0 heterocycles. The van der Waals surface area contributed by atoms with E-state index in [-0.39, 0.29) is 11.1 Å². The van der Waals surface area contributed by atoms with Crippen LogP contribution in [0.1, 0.15) is 23.1 Å². The first-order chi connectivity index (χ1) is 15.2. The number of halogens is 18. The smallest absolute Gasteiger partial charge is 0.0943 e. The van der Waals surface area contributed by atoms with E-state index in [9.17, 15) is 0 Å². The lowest BCUT2D eigenvalue weighted by molar-refractivity contribution is 0.587. The van der Waals surface area contributed by atoms with Crippen molar-refractivity contribution >= 4 is 209 Å². The van der Waals surface area contributed by atoms with Gasteiger partial charge in [0, 0.05) is 0 Å². The molecule has 0 aliphatic carbocycles. The van der Waals surface area contributed by atoms with Gasteiger partial charge in [0.15, 0.2) is 17.3 Å². The van der Waals surface area contributed by atoms with Crippen molar-refractivity contribution in [2.75, 3.05) is 0 Å². The Morgan fingerprint density at radius 2 is 0.886 bits per heavy atom. The average molecular weight is 851 g/mol. The minimum Gasteiger partial charge on any atom is -0.0943 e. The van der Waals surface area contributed by atoms with Crippen molar-refractivity contribution in [1.29, 1.82) is 0 Å². The maximum atomic E-state index is 6.65. The molecule has 0 N–H and O–H groups in total. The van der Waals surface area contributed by atoms with Gasteiger partial charge in [-0.05, 0) is 35.6 Å². The molecule has 0 amide bonds. The lowest BCUT2D eigenvalue weighted by Gasteiger charge is -2.46. The van der Waals surface area contributed by atoms with Crippen LogP contribution in [0, 0.1) is 6.92 Å². The summed E-state index contributed by atoms with van der Waals surface area (Å²) in [6, 6.07) is 4.11. The van der Waals surface area contributed by atoms with Crippen LogP contribution in [-0.2, 0) is 15.1 Å². The molecule has 0 aliphatic rings. The van der Waals surface area contributed by atoms with Crippen LogP contribution in [0.15, 0.2) is 18.2 Å². The van der Waals surface area contributed by atoms with E-state index in [1.54, 1.807) is 0 Å². The van der Waals surface area contributed by atoms with Crippen LogP contribution in [-0.4, -0.2) is 24.9 Å². The Labute approximate surface area is 293 Å². The second-order valence-corrected chi connectivity index (χ2v) is 19.4. The standard InChI is InChI=1S/C17H9Cl18/c1-2-3-7-4-5-8(10(18,19)12(22,23)14(26,27)16(30,31)32)6-9(7)11(20,21)13(24,25)15(28,29)17(33,34)35/h4-6H,1-3H2. The van der Waals surface area contributed by atoms with E-state index >= 15 is 0 Å². The molecule has 0 aromatic heterocycles. The predicted octanol–water partition coefficient (Wildman–Crippen LogP) is 13.2. The van der Waals surface area contributed by atoms with Crippen LogP contribution in [0.4, 0.5) is 0 Å². The molecule has 18 heteroatoms. The van der Waals surface area contributed by atoms with Gasteiger partial charge in [0.1, 0.15) is 0 Å². The van der Waals surface area contributed by atoms with Gasteiger partial charge in [0.25, 0.3) is 0 Å². The molecular formula is C17H9Cl18. The molecule has 1 radical (unpaired) electrons. The highest BCUT2D eigenvalue weighted by Crippen LogP contribution is 2.67. The maximum Gasteiger partial charge on any atom is 0.226 e. The molecule has 0 aliphatic heterocycles. The summed E-state index contributed by atoms with van der Waals surface area (Å²) in [5.74, 6) is 0. The summed E-state index contributed by atoms with van der Waals surface area (Å²) in [4.78, 5) is 0. The number of alkyl halides is 18. The van der Waals surface area contributed by atoms with Crippen molar-refractivity contribution in [3.05, 3.63) is 41.8 Å². The third-order valence-corrected chi connectivity index (χ3v) is 15.5. The SMILES string of the molecule is [CH2]CCc1ccc(C(Cl)(Cl)C(Cl)(Cl)C(Cl)(Cl)C(Cl)(Cl)Cl)cc1C(Cl)(Cl)C(Cl)(Cl)C(Cl)(Cl)C(Cl)(Cl)Cl. The van der Waals surface area contributed by atoms with Crippen molar-refractivity contribution in [1.82, 2.24) is 0 Å². The van der Waals surface area contributed by atoms with Gasteiger partial charge < -0.3 is 0 Å². The molecule has 1 aromatic carbocycles. The largest absolute Gasteiger partial charge is 0.226 e. The summed E-state index contributed by atoms with van der Waals surface area (Å²) in [5.41, 5.74) is 0.313. The fourth-order valence-corrected chi connectivity index (χ4v) is 7.10. The Bertz CT molecular complexity index is 905. The maximum absolute atomic E-state index is 6.65. The highest BCUT2D eigenvalue weighted by Gasteiger charge is 2.70. The molecule has 0 saturated carbocycles. The van der Waals surface area contributed by atoms with Crippen LogP contribution in [0.25, 0.3) is 0 Å². The molecule has 0 saturated heterocycles. The van der Waals surface area contributed by atoms with E-state index in [1.165, 1.54) is 18.2 Å². The Morgan fingerprint density at radius 3 is 1.23 bits per heavy atom. The fraction of sp³-hybridized carbons (Fsp3) is 0.588. The van der Waals surface area contributed by atoms with Crippen molar-refractivity contribution in [2.24, 2.45) is 0 Å². The van der Waals surface area contributed by atoms with Gasteiger partial charge in [0.2, 0.25) is 16.3 Å². The molecule has 35 heavy (non-hydrogen) atoms. The van der Waals surface area contributed by atoms with Crippen molar-refractivity contribution in [3.63, 3.8) is 0 Å². The van der Waals surface area contributed by atoms with Gasteiger partial charge in [0.05, 0.1) is 0 Å².